The highest BCUT2D eigenvalue weighted by Crippen LogP contribution is 2.45. The molecule has 0 aromatic carbocycles. The Balaban J connectivity index is 1.58. The molecule has 6 heteroatoms. The van der Waals surface area contributed by atoms with Gasteiger partial charge in [-0.1, -0.05) is 0 Å². The number of carbonyl (C=O) groups excluding carboxylic acids is 1. The Labute approximate surface area is 148 Å². The highest BCUT2D eigenvalue weighted by atomic mass is 16.4. The molecule has 0 radical (unpaired) electrons. The first kappa shape index (κ1) is 16.6. The molecule has 1 aromatic rings. The molecular weight excluding hydrogens is 318 g/mol. The Morgan fingerprint density at radius 1 is 1.16 bits per heavy atom. The normalized spacial score (nSPS) is 26.9. The molecule has 2 heterocycles. The number of hydrogen-bond acceptors (Lipinski definition) is 3. The van der Waals surface area contributed by atoms with Crippen molar-refractivity contribution in [1.29, 1.82) is 0 Å². The van der Waals surface area contributed by atoms with Crippen LogP contribution in [0, 0.1) is 17.8 Å². The van der Waals surface area contributed by atoms with Crippen LogP contribution in [0.15, 0.2) is 6.07 Å². The van der Waals surface area contributed by atoms with Gasteiger partial charge >= 0.3 is 5.97 Å². The van der Waals surface area contributed by atoms with Gasteiger partial charge < -0.3 is 10.0 Å². The van der Waals surface area contributed by atoms with Crippen molar-refractivity contribution in [2.75, 3.05) is 13.1 Å². The van der Waals surface area contributed by atoms with Gasteiger partial charge in [0.1, 0.15) is 0 Å². The summed E-state index contributed by atoms with van der Waals surface area (Å²) >= 11 is 0. The van der Waals surface area contributed by atoms with Crippen LogP contribution in [-0.2, 0) is 10.3 Å². The third-order valence-electron chi connectivity index (χ3n) is 5.78. The molecule has 136 valence electrons. The van der Waals surface area contributed by atoms with Crippen molar-refractivity contribution in [1.82, 2.24) is 14.7 Å². The lowest BCUT2D eigenvalue weighted by molar-refractivity contribution is -0.142. The van der Waals surface area contributed by atoms with Crippen LogP contribution in [0.3, 0.4) is 0 Å². The maximum Gasteiger partial charge on any atom is 0.308 e. The summed E-state index contributed by atoms with van der Waals surface area (Å²) in [4.78, 5) is 26.3. The van der Waals surface area contributed by atoms with E-state index in [1.807, 2.05) is 10.7 Å². The summed E-state index contributed by atoms with van der Waals surface area (Å²) in [5, 5.41) is 14.1. The van der Waals surface area contributed by atoms with Gasteiger partial charge in [-0.25, -0.2) is 0 Å². The van der Waals surface area contributed by atoms with Crippen molar-refractivity contribution >= 4 is 11.9 Å². The summed E-state index contributed by atoms with van der Waals surface area (Å²) in [6, 6.07) is 1.94. The fraction of sp³-hybridized carbons (Fsp3) is 0.737. The van der Waals surface area contributed by atoms with E-state index in [1.54, 1.807) is 4.90 Å². The molecule has 1 amide bonds. The second-order valence-corrected chi connectivity index (χ2v) is 8.97. The number of likely N-dealkylation sites (tertiary alicyclic amines) is 1. The molecule has 0 spiro atoms. The monoisotopic (exact) mass is 345 g/mol. The summed E-state index contributed by atoms with van der Waals surface area (Å²) in [7, 11) is 0. The highest BCUT2D eigenvalue weighted by Gasteiger charge is 2.47. The maximum absolute atomic E-state index is 13.0. The molecule has 6 nitrogen and oxygen atoms in total. The van der Waals surface area contributed by atoms with Crippen molar-refractivity contribution in [3.8, 4) is 0 Å². The fourth-order valence-corrected chi connectivity index (χ4v) is 4.13. The molecule has 2 saturated carbocycles. The minimum absolute atomic E-state index is 0.106. The summed E-state index contributed by atoms with van der Waals surface area (Å²) < 4.78 is 1.99. The van der Waals surface area contributed by atoms with Crippen molar-refractivity contribution < 1.29 is 14.7 Å². The number of carboxylic acid groups (broad SMARTS) is 1. The third-order valence-corrected chi connectivity index (χ3v) is 5.78. The highest BCUT2D eigenvalue weighted by molar-refractivity contribution is 5.93. The van der Waals surface area contributed by atoms with Crippen LogP contribution in [-0.4, -0.2) is 44.8 Å². The predicted molar refractivity (Wildman–Crippen MR) is 92.4 cm³/mol. The Morgan fingerprint density at radius 3 is 2.36 bits per heavy atom. The van der Waals surface area contributed by atoms with E-state index in [9.17, 15) is 14.7 Å². The number of aliphatic carboxylic acids is 1. The van der Waals surface area contributed by atoms with Gasteiger partial charge in [0.05, 0.1) is 11.5 Å². The first-order valence-electron chi connectivity index (χ1n) is 9.38. The average Bonchev–Trinajstić information content (AvgIpc) is 3.46. The number of aromatic nitrogens is 2. The third kappa shape index (κ3) is 3.07. The average molecular weight is 345 g/mol. The van der Waals surface area contributed by atoms with E-state index in [4.69, 9.17) is 0 Å². The predicted octanol–water partition coefficient (Wildman–Crippen LogP) is 2.70. The second kappa shape index (κ2) is 5.58. The van der Waals surface area contributed by atoms with Gasteiger partial charge in [-0.2, -0.15) is 5.10 Å². The van der Waals surface area contributed by atoms with E-state index in [0.29, 0.717) is 30.6 Å². The van der Waals surface area contributed by atoms with Crippen molar-refractivity contribution in [3.05, 3.63) is 17.5 Å². The van der Waals surface area contributed by atoms with Gasteiger partial charge in [0, 0.05) is 24.7 Å². The molecule has 2 aliphatic carbocycles. The standard InChI is InChI=1S/C19H27N3O3/c1-19(2,3)22-16(12-6-7-12)8-15(20-22)17(23)21-9-13(11-4-5-11)14(10-21)18(24)25/h8,11-14H,4-7,9-10H2,1-3H3,(H,24,25)/t13-,14+/m1/s1. The lowest BCUT2D eigenvalue weighted by Crippen LogP contribution is -2.31. The summed E-state index contributed by atoms with van der Waals surface area (Å²) in [6.45, 7) is 7.16. The first-order chi connectivity index (χ1) is 11.8. The van der Waals surface area contributed by atoms with Gasteiger partial charge in [-0.3, -0.25) is 14.3 Å². The number of hydrogen-bond donors (Lipinski definition) is 1. The van der Waals surface area contributed by atoms with Crippen LogP contribution in [0.25, 0.3) is 0 Å². The second-order valence-electron chi connectivity index (χ2n) is 8.97. The van der Waals surface area contributed by atoms with Crippen molar-refractivity contribution in [2.45, 2.75) is 57.9 Å². The molecule has 1 saturated heterocycles. The summed E-state index contributed by atoms with van der Waals surface area (Å²) in [5.41, 5.74) is 1.45. The van der Waals surface area contributed by atoms with E-state index in [-0.39, 0.29) is 17.4 Å². The molecule has 3 fully saturated rings. The lowest BCUT2D eigenvalue weighted by atomic mass is 9.92. The van der Waals surface area contributed by atoms with Crippen LogP contribution in [0.5, 0.6) is 0 Å². The number of nitrogens with zero attached hydrogens (tertiary/aromatic N) is 3. The van der Waals surface area contributed by atoms with Crippen LogP contribution < -0.4 is 0 Å². The topological polar surface area (TPSA) is 75.4 Å². The smallest absolute Gasteiger partial charge is 0.308 e. The number of carboxylic acids is 1. The molecular formula is C19H27N3O3. The maximum atomic E-state index is 13.0. The van der Waals surface area contributed by atoms with Gasteiger partial charge in [0.2, 0.25) is 0 Å². The quantitative estimate of drug-likeness (QED) is 0.910. The minimum Gasteiger partial charge on any atom is -0.481 e. The van der Waals surface area contributed by atoms with Crippen LogP contribution >= 0.6 is 0 Å². The van der Waals surface area contributed by atoms with Gasteiger partial charge in [-0.05, 0) is 64.4 Å². The zero-order chi connectivity index (χ0) is 17.9. The van der Waals surface area contributed by atoms with Crippen molar-refractivity contribution in [3.63, 3.8) is 0 Å². The van der Waals surface area contributed by atoms with E-state index < -0.39 is 11.9 Å². The van der Waals surface area contributed by atoms with Crippen LogP contribution in [0.2, 0.25) is 0 Å². The molecule has 3 aliphatic rings. The Hall–Kier alpha value is -1.85. The lowest BCUT2D eigenvalue weighted by Gasteiger charge is -2.22. The van der Waals surface area contributed by atoms with Gasteiger partial charge in [0.15, 0.2) is 5.69 Å². The van der Waals surface area contributed by atoms with Crippen molar-refractivity contribution in [2.24, 2.45) is 17.8 Å². The van der Waals surface area contributed by atoms with Gasteiger partial charge in [0.25, 0.3) is 5.91 Å². The van der Waals surface area contributed by atoms with E-state index in [2.05, 4.69) is 25.9 Å². The number of carbonyl (C=O) groups is 2. The molecule has 4 rings (SSSR count). The molecule has 0 bridgehead atoms. The van der Waals surface area contributed by atoms with Crippen LogP contribution in [0.1, 0.15) is 68.6 Å². The van der Waals surface area contributed by atoms with Gasteiger partial charge in [-0.15, -0.1) is 0 Å². The number of amides is 1. The molecule has 0 unspecified atom stereocenters. The van der Waals surface area contributed by atoms with E-state index in [1.165, 1.54) is 0 Å². The SMILES string of the molecule is CC(C)(C)n1nc(C(=O)N2C[C@H](C(=O)O)[C@@H](C3CC3)C2)cc1C1CC1. The Kier molecular flexibility index (Phi) is 3.71. The molecule has 2 atom stereocenters. The zero-order valence-corrected chi connectivity index (χ0v) is 15.2. The molecule has 1 N–H and O–H groups in total. The number of rotatable bonds is 4. The largest absolute Gasteiger partial charge is 0.481 e. The van der Waals surface area contributed by atoms with E-state index >= 15 is 0 Å². The first-order valence-corrected chi connectivity index (χ1v) is 9.38. The van der Waals surface area contributed by atoms with Crippen LogP contribution in [0.4, 0.5) is 0 Å². The zero-order valence-electron chi connectivity index (χ0n) is 15.2. The fourth-order valence-electron chi connectivity index (χ4n) is 4.13. The minimum atomic E-state index is -0.772. The Bertz CT molecular complexity index is 710. The molecule has 25 heavy (non-hydrogen) atoms. The molecule has 1 aliphatic heterocycles. The molecule has 1 aromatic heterocycles. The Morgan fingerprint density at radius 2 is 1.84 bits per heavy atom. The summed E-state index contributed by atoms with van der Waals surface area (Å²) in [5.74, 6) is -0.214. The summed E-state index contributed by atoms with van der Waals surface area (Å²) in [6.07, 6.45) is 4.51. The van der Waals surface area contributed by atoms with E-state index in [0.717, 1.165) is 31.4 Å².